The second-order valence-electron chi connectivity index (χ2n) is 12.6. The minimum Gasteiger partial charge on any atom is -0.449 e. The number of aromatic nitrogens is 2. The van der Waals surface area contributed by atoms with Crippen LogP contribution in [-0.2, 0) is 46.8 Å². The van der Waals surface area contributed by atoms with E-state index in [0.717, 1.165) is 12.8 Å². The summed E-state index contributed by atoms with van der Waals surface area (Å²) in [5, 5.41) is 2.64. The van der Waals surface area contributed by atoms with Crippen LogP contribution in [0.15, 0.2) is 36.4 Å². The average Bonchev–Trinajstić information content (AvgIpc) is 3.71. The number of nitrogens with one attached hydrogen (secondary N) is 1. The number of ether oxygens (including phenoxy) is 6. The summed E-state index contributed by atoms with van der Waals surface area (Å²) in [4.78, 5) is 78.8. The molecule has 1 aromatic carbocycles. The summed E-state index contributed by atoms with van der Waals surface area (Å²) in [6.45, 7) is 4.84. The lowest BCUT2D eigenvalue weighted by molar-refractivity contribution is -0.134. The van der Waals surface area contributed by atoms with Crippen LogP contribution in [0.1, 0.15) is 50.5 Å². The maximum Gasteiger partial charge on any atom is 0.510 e. The van der Waals surface area contributed by atoms with Crippen LogP contribution in [0.2, 0.25) is 0 Å². The van der Waals surface area contributed by atoms with Crippen LogP contribution in [0.5, 0.6) is 0 Å². The van der Waals surface area contributed by atoms with E-state index in [1.165, 1.54) is 15.9 Å². The van der Waals surface area contributed by atoms with Gasteiger partial charge in [-0.05, 0) is 26.7 Å². The van der Waals surface area contributed by atoms with E-state index in [1.54, 1.807) is 45.2 Å². The van der Waals surface area contributed by atoms with Crippen molar-refractivity contribution in [3.8, 4) is 11.4 Å². The van der Waals surface area contributed by atoms with Gasteiger partial charge < -0.3 is 48.4 Å². The highest BCUT2D eigenvalue weighted by atomic mass is 31.2. The molecule has 3 heterocycles. The largest absolute Gasteiger partial charge is 0.510 e. The van der Waals surface area contributed by atoms with Gasteiger partial charge in [0.05, 0.1) is 32.1 Å². The third-order valence-corrected chi connectivity index (χ3v) is 10.5. The van der Waals surface area contributed by atoms with Gasteiger partial charge in [-0.1, -0.05) is 43.7 Å². The Morgan fingerprint density at radius 3 is 2.05 bits per heavy atom. The molecule has 0 radical (unpaired) electrons. The molecule has 57 heavy (non-hydrogen) atoms. The second-order valence-corrected chi connectivity index (χ2v) is 14.7. The Labute approximate surface area is 330 Å². The van der Waals surface area contributed by atoms with Gasteiger partial charge in [0.1, 0.15) is 17.6 Å². The molecule has 21 heteroatoms. The van der Waals surface area contributed by atoms with Crippen molar-refractivity contribution in [3.63, 3.8) is 0 Å². The Kier molecular flexibility index (Phi) is 17.7. The highest BCUT2D eigenvalue weighted by Gasteiger charge is 2.39. The molecule has 2 atom stereocenters. The predicted molar refractivity (Wildman–Crippen MR) is 201 cm³/mol. The van der Waals surface area contributed by atoms with E-state index >= 15 is 0 Å². The minimum atomic E-state index is -4.58. The zero-order valence-electron chi connectivity index (χ0n) is 32.6. The fourth-order valence-electron chi connectivity index (χ4n) is 5.70. The number of benzene rings is 1. The summed E-state index contributed by atoms with van der Waals surface area (Å²) in [6, 6.07) is 8.88. The number of amides is 3. The Morgan fingerprint density at radius 1 is 0.842 bits per heavy atom. The van der Waals surface area contributed by atoms with Crippen molar-refractivity contribution in [2.24, 2.45) is 0 Å². The molecule has 0 aliphatic carbocycles. The average molecular weight is 823 g/mol. The van der Waals surface area contributed by atoms with Crippen LogP contribution in [0.4, 0.5) is 20.2 Å². The normalized spacial score (nSPS) is 16.1. The highest BCUT2D eigenvalue weighted by Crippen LogP contribution is 2.49. The molecule has 0 bridgehead atoms. The van der Waals surface area contributed by atoms with Gasteiger partial charge in [-0.3, -0.25) is 23.2 Å². The molecular formula is C36H51N6O14P. The van der Waals surface area contributed by atoms with Crippen molar-refractivity contribution in [1.29, 1.82) is 0 Å². The summed E-state index contributed by atoms with van der Waals surface area (Å²) < 4.78 is 54.9. The lowest BCUT2D eigenvalue weighted by Gasteiger charge is -2.36. The van der Waals surface area contributed by atoms with Crippen LogP contribution < -0.4 is 10.2 Å². The molecule has 0 spiro atoms. The quantitative estimate of drug-likeness (QED) is 0.0694. The summed E-state index contributed by atoms with van der Waals surface area (Å²) >= 11 is 0. The van der Waals surface area contributed by atoms with Gasteiger partial charge in [0.25, 0.3) is 5.91 Å². The number of methoxy groups -OCH3 is 1. The summed E-state index contributed by atoms with van der Waals surface area (Å²) in [6.07, 6.45) is -1.37. The van der Waals surface area contributed by atoms with E-state index in [2.05, 4.69) is 10.3 Å². The van der Waals surface area contributed by atoms with E-state index < -0.39 is 63.6 Å². The van der Waals surface area contributed by atoms with Crippen molar-refractivity contribution in [1.82, 2.24) is 25.1 Å². The van der Waals surface area contributed by atoms with Gasteiger partial charge in [0, 0.05) is 58.0 Å². The zero-order valence-corrected chi connectivity index (χ0v) is 33.5. The number of carbonyl (C=O) groups excluding carboxylic acids is 5. The van der Waals surface area contributed by atoms with Crippen LogP contribution >= 0.6 is 7.60 Å². The first-order chi connectivity index (χ1) is 27.5. The molecular weight excluding hydrogens is 771 g/mol. The van der Waals surface area contributed by atoms with Crippen LogP contribution in [0.3, 0.4) is 0 Å². The molecule has 1 aromatic heterocycles. The molecule has 0 saturated carbocycles. The van der Waals surface area contributed by atoms with Gasteiger partial charge in [0.2, 0.25) is 19.5 Å². The Hall–Kier alpha value is -5.04. The molecule has 314 valence electrons. The summed E-state index contributed by atoms with van der Waals surface area (Å²) in [5.41, 5.74) is 0.522. The number of anilines is 1. The number of rotatable bonds is 19. The monoisotopic (exact) mass is 822 g/mol. The van der Waals surface area contributed by atoms with Gasteiger partial charge in [-0.25, -0.2) is 24.4 Å². The lowest BCUT2D eigenvalue weighted by atomic mass is 10.2. The fraction of sp³-hybridized carbons (Fsp3) is 0.583. The first-order valence-electron chi connectivity index (χ1n) is 18.7. The van der Waals surface area contributed by atoms with Gasteiger partial charge in [0.15, 0.2) is 5.82 Å². The van der Waals surface area contributed by atoms with Crippen molar-refractivity contribution in [3.05, 3.63) is 42.1 Å². The van der Waals surface area contributed by atoms with Crippen molar-refractivity contribution in [2.45, 2.75) is 52.2 Å². The number of unbranched alkanes of at least 4 members (excludes halogenated alkanes) is 1. The van der Waals surface area contributed by atoms with E-state index in [0.29, 0.717) is 30.9 Å². The van der Waals surface area contributed by atoms with E-state index in [-0.39, 0.29) is 63.6 Å². The lowest BCUT2D eigenvalue weighted by Crippen LogP contribution is -2.57. The summed E-state index contributed by atoms with van der Waals surface area (Å²) in [7, 11) is -2.96. The van der Waals surface area contributed by atoms with Crippen molar-refractivity contribution >= 4 is 43.6 Å². The van der Waals surface area contributed by atoms with Crippen molar-refractivity contribution in [2.75, 3.05) is 90.8 Å². The van der Waals surface area contributed by atoms with Gasteiger partial charge in [-0.2, -0.15) is 0 Å². The molecule has 20 nitrogen and oxygen atoms in total. The smallest absolute Gasteiger partial charge is 0.449 e. The third kappa shape index (κ3) is 13.8. The molecule has 3 amide bonds. The van der Waals surface area contributed by atoms with Crippen LogP contribution in [-0.4, -0.2) is 148 Å². The standard InChI is InChI=1S/C36H51N6O14P/c1-5-8-20-52-34(45)41-18-16-40(17-19-41)33(44)29(23-57(48,55-24-53-35(46)50-6-2)56-25-54-36(47)51-7-3)38-32(43)28-21-30(42-15-14-27(22-42)49-4)39-31(37-28)26-12-10-9-11-13-26/h9-13,21,27,29H,5-8,14-20,22-25H2,1-4H3,(H,38,43). The SMILES string of the molecule is CCCCOC(=O)N1CCN(C(=O)C(CP(=O)(OCOC(=O)OCC)OCOC(=O)OCC)NC(=O)c2cc(N3CCC(OC)C3)nc(-c3ccccc3)n2)CC1. The molecule has 2 unspecified atom stereocenters. The second kappa shape index (κ2) is 22.6. The van der Waals surface area contributed by atoms with Crippen LogP contribution in [0, 0.1) is 0 Å². The number of piperazine rings is 1. The molecule has 2 fully saturated rings. The number of hydrogen-bond donors (Lipinski definition) is 1. The van der Waals surface area contributed by atoms with Crippen LogP contribution in [0.25, 0.3) is 11.4 Å². The molecule has 2 saturated heterocycles. The molecule has 1 N–H and O–H groups in total. The third-order valence-electron chi connectivity index (χ3n) is 8.74. The highest BCUT2D eigenvalue weighted by molar-refractivity contribution is 7.54. The Bertz CT molecular complexity index is 1670. The van der Waals surface area contributed by atoms with Gasteiger partial charge >= 0.3 is 26.0 Å². The molecule has 4 rings (SSSR count). The molecule has 2 aliphatic heterocycles. The first kappa shape index (κ1) is 44.7. The summed E-state index contributed by atoms with van der Waals surface area (Å²) in [5.74, 6) is -0.837. The Morgan fingerprint density at radius 2 is 1.47 bits per heavy atom. The number of carbonyl (C=O) groups is 5. The van der Waals surface area contributed by atoms with Crippen molar-refractivity contribution < 1.29 is 66.0 Å². The minimum absolute atomic E-state index is 0.0197. The zero-order chi connectivity index (χ0) is 41.2. The predicted octanol–water partition coefficient (Wildman–Crippen LogP) is 4.04. The van der Waals surface area contributed by atoms with Gasteiger partial charge in [-0.15, -0.1) is 0 Å². The topological polar surface area (TPSA) is 224 Å². The van der Waals surface area contributed by atoms with E-state index in [4.69, 9.17) is 42.5 Å². The number of nitrogens with zero attached hydrogens (tertiary/aromatic N) is 5. The first-order valence-corrected chi connectivity index (χ1v) is 20.4. The Balaban J connectivity index is 1.64. The van der Waals surface area contributed by atoms with E-state index in [9.17, 15) is 28.5 Å². The fourth-order valence-corrected chi connectivity index (χ4v) is 7.10. The maximum absolute atomic E-state index is 14.3. The number of hydrogen-bond acceptors (Lipinski definition) is 17. The maximum atomic E-state index is 14.3. The van der Waals surface area contributed by atoms with E-state index in [1.807, 2.05) is 17.9 Å². The molecule has 2 aromatic rings. The molecule has 2 aliphatic rings.